The van der Waals surface area contributed by atoms with Crippen LogP contribution in [-0.2, 0) is 18.3 Å². The van der Waals surface area contributed by atoms with E-state index in [0.717, 1.165) is 17.7 Å². The molecule has 0 spiro atoms. The van der Waals surface area contributed by atoms with Crippen LogP contribution in [0.5, 0.6) is 0 Å². The number of rotatable bonds is 2. The maximum Gasteiger partial charge on any atom is 0.416 e. The van der Waals surface area contributed by atoms with Crippen LogP contribution in [0.2, 0.25) is 0 Å². The van der Waals surface area contributed by atoms with E-state index < -0.39 is 23.2 Å². The van der Waals surface area contributed by atoms with Crippen LogP contribution < -0.4 is 10.4 Å². The molecule has 1 aliphatic heterocycles. The summed E-state index contributed by atoms with van der Waals surface area (Å²) in [6.45, 7) is 4.05. The molecular formula is C19H16F3N3O3. The van der Waals surface area contributed by atoms with Crippen molar-refractivity contribution >= 4 is 23.0 Å². The van der Waals surface area contributed by atoms with E-state index in [4.69, 9.17) is 9.62 Å². The van der Waals surface area contributed by atoms with Crippen molar-refractivity contribution in [1.29, 1.82) is 0 Å². The molecule has 4 rings (SSSR count). The number of nitrogens with zero attached hydrogens (tertiary/aromatic N) is 2. The van der Waals surface area contributed by atoms with E-state index in [9.17, 15) is 18.0 Å². The van der Waals surface area contributed by atoms with E-state index in [1.165, 1.54) is 6.07 Å². The summed E-state index contributed by atoms with van der Waals surface area (Å²) in [5.74, 6) is -0.637. The SMILES string of the molecule is CC1(C)c2cccc(C(=O)NO)c2CN1c1nc2ccc(C(F)(F)F)cc2o1. The minimum Gasteiger partial charge on any atom is -0.423 e. The third kappa shape index (κ3) is 2.70. The average Bonchev–Trinajstić information content (AvgIpc) is 3.17. The van der Waals surface area contributed by atoms with E-state index in [2.05, 4.69) is 4.98 Å². The molecule has 0 unspecified atom stereocenters. The number of alkyl halides is 3. The van der Waals surface area contributed by atoms with Gasteiger partial charge in [-0.25, -0.2) is 5.48 Å². The van der Waals surface area contributed by atoms with Crippen molar-refractivity contribution in [3.63, 3.8) is 0 Å². The van der Waals surface area contributed by atoms with Gasteiger partial charge in [0.05, 0.1) is 11.1 Å². The molecule has 1 amide bonds. The Hall–Kier alpha value is -3.07. The molecule has 0 atom stereocenters. The molecular weight excluding hydrogens is 375 g/mol. The number of benzene rings is 2. The molecule has 2 aromatic carbocycles. The lowest BCUT2D eigenvalue weighted by molar-refractivity contribution is -0.137. The van der Waals surface area contributed by atoms with E-state index in [1.807, 2.05) is 19.9 Å². The quantitative estimate of drug-likeness (QED) is 0.505. The maximum atomic E-state index is 12.9. The molecule has 146 valence electrons. The zero-order valence-corrected chi connectivity index (χ0v) is 15.0. The highest BCUT2D eigenvalue weighted by molar-refractivity contribution is 5.95. The van der Waals surface area contributed by atoms with Gasteiger partial charge in [0.15, 0.2) is 5.58 Å². The lowest BCUT2D eigenvalue weighted by atomic mass is 9.91. The smallest absolute Gasteiger partial charge is 0.416 e. The second-order valence-corrected chi connectivity index (χ2v) is 7.09. The molecule has 9 heteroatoms. The molecule has 0 saturated carbocycles. The minimum atomic E-state index is -4.48. The Morgan fingerprint density at radius 3 is 2.71 bits per heavy atom. The van der Waals surface area contributed by atoms with Crippen molar-refractivity contribution in [2.45, 2.75) is 32.1 Å². The van der Waals surface area contributed by atoms with Gasteiger partial charge in [-0.3, -0.25) is 10.0 Å². The number of nitrogens with one attached hydrogen (secondary N) is 1. The number of halogens is 3. The van der Waals surface area contributed by atoms with Crippen molar-refractivity contribution in [3.05, 3.63) is 58.7 Å². The average molecular weight is 391 g/mol. The van der Waals surface area contributed by atoms with Crippen LogP contribution in [0.15, 0.2) is 40.8 Å². The van der Waals surface area contributed by atoms with Crippen LogP contribution in [0, 0.1) is 0 Å². The summed E-state index contributed by atoms with van der Waals surface area (Å²) in [6.07, 6.45) is -4.48. The zero-order chi connectivity index (χ0) is 20.3. The Balaban J connectivity index is 1.79. The minimum absolute atomic E-state index is 0.0323. The summed E-state index contributed by atoms with van der Waals surface area (Å²) >= 11 is 0. The van der Waals surface area contributed by atoms with E-state index in [-0.39, 0.29) is 18.1 Å². The molecule has 6 nitrogen and oxygen atoms in total. The maximum absolute atomic E-state index is 12.9. The van der Waals surface area contributed by atoms with Gasteiger partial charge in [-0.2, -0.15) is 18.2 Å². The number of carbonyl (C=O) groups excluding carboxylic acids is 1. The van der Waals surface area contributed by atoms with Crippen LogP contribution in [-0.4, -0.2) is 16.1 Å². The first-order chi connectivity index (χ1) is 13.1. The van der Waals surface area contributed by atoms with E-state index in [0.29, 0.717) is 16.6 Å². The fraction of sp³-hybridized carbons (Fsp3) is 0.263. The third-order valence-corrected chi connectivity index (χ3v) is 5.11. The second kappa shape index (κ2) is 5.96. The van der Waals surface area contributed by atoms with Crippen LogP contribution in [0.4, 0.5) is 19.2 Å². The van der Waals surface area contributed by atoms with Crippen LogP contribution in [0.3, 0.4) is 0 Å². The van der Waals surface area contributed by atoms with Gasteiger partial charge < -0.3 is 9.32 Å². The van der Waals surface area contributed by atoms with Crippen molar-refractivity contribution < 1.29 is 27.6 Å². The molecule has 3 aromatic rings. The first-order valence-corrected chi connectivity index (χ1v) is 8.45. The number of fused-ring (bicyclic) bond motifs is 2. The highest BCUT2D eigenvalue weighted by Crippen LogP contribution is 2.43. The summed E-state index contributed by atoms with van der Waals surface area (Å²) in [7, 11) is 0. The van der Waals surface area contributed by atoms with Crippen molar-refractivity contribution in [1.82, 2.24) is 10.5 Å². The topological polar surface area (TPSA) is 78.6 Å². The molecule has 1 aromatic heterocycles. The van der Waals surface area contributed by atoms with Gasteiger partial charge >= 0.3 is 6.18 Å². The predicted molar refractivity (Wildman–Crippen MR) is 93.9 cm³/mol. The van der Waals surface area contributed by atoms with Gasteiger partial charge in [0.25, 0.3) is 11.9 Å². The molecule has 0 bridgehead atoms. The number of hydrogen-bond donors (Lipinski definition) is 2. The van der Waals surface area contributed by atoms with Gasteiger partial charge in [-0.05, 0) is 49.2 Å². The number of hydrogen-bond acceptors (Lipinski definition) is 5. The van der Waals surface area contributed by atoms with Crippen LogP contribution in [0.1, 0.15) is 40.9 Å². The molecule has 2 heterocycles. The Morgan fingerprint density at radius 1 is 1.29 bits per heavy atom. The Morgan fingerprint density at radius 2 is 2.04 bits per heavy atom. The number of anilines is 1. The zero-order valence-electron chi connectivity index (χ0n) is 15.0. The molecule has 2 N–H and O–H groups in total. The van der Waals surface area contributed by atoms with Crippen LogP contribution in [0.25, 0.3) is 11.1 Å². The Kier molecular flexibility index (Phi) is 3.90. The monoisotopic (exact) mass is 391 g/mol. The van der Waals surface area contributed by atoms with Gasteiger partial charge in [-0.15, -0.1) is 0 Å². The Bertz CT molecular complexity index is 1090. The molecule has 0 fully saturated rings. The Labute approximate surface area is 157 Å². The second-order valence-electron chi connectivity index (χ2n) is 7.09. The fourth-order valence-electron chi connectivity index (χ4n) is 3.62. The summed E-state index contributed by atoms with van der Waals surface area (Å²) in [4.78, 5) is 18.1. The number of carbonyl (C=O) groups is 1. The lowest BCUT2D eigenvalue weighted by Gasteiger charge is -2.30. The third-order valence-electron chi connectivity index (χ3n) is 5.11. The highest BCUT2D eigenvalue weighted by atomic mass is 19.4. The number of hydroxylamine groups is 1. The van der Waals surface area contributed by atoms with Gasteiger partial charge in [0, 0.05) is 12.1 Å². The molecule has 0 saturated heterocycles. The van der Waals surface area contributed by atoms with Crippen molar-refractivity contribution in [2.75, 3.05) is 4.90 Å². The summed E-state index contributed by atoms with van der Waals surface area (Å²) in [6, 6.07) is 8.46. The number of aromatic nitrogens is 1. The van der Waals surface area contributed by atoms with Gasteiger partial charge in [-0.1, -0.05) is 12.1 Å². The first kappa shape index (κ1) is 18.3. The van der Waals surface area contributed by atoms with E-state index >= 15 is 0 Å². The first-order valence-electron chi connectivity index (χ1n) is 8.45. The highest BCUT2D eigenvalue weighted by Gasteiger charge is 2.41. The van der Waals surface area contributed by atoms with Crippen molar-refractivity contribution in [3.8, 4) is 0 Å². The largest absolute Gasteiger partial charge is 0.423 e. The van der Waals surface area contributed by atoms with Crippen molar-refractivity contribution in [2.24, 2.45) is 0 Å². The van der Waals surface area contributed by atoms with Gasteiger partial charge in [0.1, 0.15) is 5.52 Å². The molecule has 0 radical (unpaired) electrons. The lowest BCUT2D eigenvalue weighted by Crippen LogP contribution is -2.35. The predicted octanol–water partition coefficient (Wildman–Crippen LogP) is 4.22. The standard InChI is InChI=1S/C19H16F3N3O3/c1-18(2)13-5-3-4-11(16(26)24-27)12(13)9-25(18)17-23-14-7-6-10(19(20,21)22)8-15(14)28-17/h3-8,27H,9H2,1-2H3,(H,24,26). The summed E-state index contributed by atoms with van der Waals surface area (Å²) in [5, 5.41) is 8.98. The molecule has 28 heavy (non-hydrogen) atoms. The number of oxazole rings is 1. The fourth-order valence-corrected chi connectivity index (χ4v) is 3.62. The normalized spacial score (nSPS) is 15.7. The molecule has 1 aliphatic rings. The van der Waals surface area contributed by atoms with Gasteiger partial charge in [0.2, 0.25) is 0 Å². The van der Waals surface area contributed by atoms with Crippen LogP contribution >= 0.6 is 0 Å². The summed E-state index contributed by atoms with van der Waals surface area (Å²) in [5.41, 5.74) is 2.37. The molecule has 0 aliphatic carbocycles. The van der Waals surface area contributed by atoms with E-state index in [1.54, 1.807) is 22.5 Å². The summed E-state index contributed by atoms with van der Waals surface area (Å²) < 4.78 is 44.5. The number of amides is 1.